The van der Waals surface area contributed by atoms with Crippen LogP contribution in [0.4, 0.5) is 0 Å². The maximum Gasteiger partial charge on any atom is 0.305 e. The molecule has 0 saturated heterocycles. The van der Waals surface area contributed by atoms with E-state index in [1.165, 1.54) is 116 Å². The van der Waals surface area contributed by atoms with E-state index in [1.807, 2.05) is 0 Å². The molecule has 392 valence electrons. The molecule has 0 atom stereocenters. The number of esters is 3. The van der Waals surface area contributed by atoms with Crippen molar-refractivity contribution in [1.29, 1.82) is 0 Å². The highest BCUT2D eigenvalue weighted by atomic mass is 16.5. The van der Waals surface area contributed by atoms with Crippen LogP contribution < -0.4 is 0 Å². The Balaban J connectivity index is 4.53. The predicted octanol–water partition coefficient (Wildman–Crippen LogP) is 17.5. The Hall–Kier alpha value is -3.19. The summed E-state index contributed by atoms with van der Waals surface area (Å²) in [5.41, 5.74) is 0. The molecule has 0 N–H and O–H groups in total. The normalized spacial score (nSPS) is 12.4. The first-order valence-corrected chi connectivity index (χ1v) is 28.6. The lowest BCUT2D eigenvalue weighted by Gasteiger charge is -2.34. The molecule has 0 aliphatic rings. The number of allylic oxidation sites excluding steroid dienone is 12. The summed E-state index contributed by atoms with van der Waals surface area (Å²) in [5, 5.41) is 0. The molecule has 0 bridgehead atoms. The Kier molecular flexibility index (Phi) is 50.7. The number of hydrogen-bond acceptors (Lipinski definition) is 6. The minimum Gasteiger partial charge on any atom is -0.460 e. The molecule has 0 spiro atoms. The number of carbonyl (C=O) groups is 3. The van der Waals surface area contributed by atoms with Crippen LogP contribution in [0.2, 0.25) is 0 Å². The van der Waals surface area contributed by atoms with Crippen molar-refractivity contribution in [3.63, 3.8) is 0 Å². The first kappa shape index (κ1) is 64.8. The van der Waals surface area contributed by atoms with Crippen LogP contribution in [0.15, 0.2) is 72.9 Å². The van der Waals surface area contributed by atoms with Gasteiger partial charge in [-0.05, 0) is 116 Å². The zero-order valence-corrected chi connectivity index (χ0v) is 45.0. The maximum absolute atomic E-state index is 12.6. The molecule has 0 aromatic rings. The fraction of sp³-hybridized carbons (Fsp3) is 0.754. The summed E-state index contributed by atoms with van der Waals surface area (Å²) in [5.74, 6) is -0.473. The summed E-state index contributed by atoms with van der Waals surface area (Å²) in [6, 6.07) is 0. The van der Waals surface area contributed by atoms with E-state index < -0.39 is 0 Å². The van der Waals surface area contributed by atoms with Crippen LogP contribution >= 0.6 is 0 Å². The van der Waals surface area contributed by atoms with Crippen LogP contribution in [0.5, 0.6) is 0 Å². The van der Waals surface area contributed by atoms with E-state index in [-0.39, 0.29) is 37.7 Å². The van der Waals surface area contributed by atoms with Crippen LogP contribution in [0, 0.1) is 0 Å². The molecular weight excluding hydrogens is 843 g/mol. The number of quaternary nitrogens is 1. The lowest BCUT2D eigenvalue weighted by atomic mass is 10.1. The van der Waals surface area contributed by atoms with Crippen molar-refractivity contribution in [2.45, 2.75) is 252 Å². The summed E-state index contributed by atoms with van der Waals surface area (Å²) in [6.45, 7) is 9.29. The van der Waals surface area contributed by atoms with Crippen molar-refractivity contribution in [3.05, 3.63) is 72.9 Å². The summed E-state index contributed by atoms with van der Waals surface area (Å²) in [4.78, 5) is 37.9. The predicted molar refractivity (Wildman–Crippen MR) is 292 cm³/mol. The average Bonchev–Trinajstić information content (AvgIpc) is 3.32. The SMILES string of the molecule is CCCCC/C=C\C/C=C\CCCCCCCC(=O)OCC[N+](C)(CCOC(=O)CCCCCCC/C=C\C/C=C\CCCCC)CCOC(=O)CCCCCCC/C=C\C/C=C\CCCCC. The van der Waals surface area contributed by atoms with Gasteiger partial charge < -0.3 is 18.7 Å². The molecule has 0 unspecified atom stereocenters. The zero-order valence-electron chi connectivity index (χ0n) is 45.0. The van der Waals surface area contributed by atoms with Crippen molar-refractivity contribution in [1.82, 2.24) is 0 Å². The van der Waals surface area contributed by atoms with E-state index in [2.05, 4.69) is 101 Å². The molecular formula is C61H108NO6+. The van der Waals surface area contributed by atoms with Crippen LogP contribution in [0.3, 0.4) is 0 Å². The third-order valence-electron chi connectivity index (χ3n) is 12.7. The van der Waals surface area contributed by atoms with Gasteiger partial charge in [-0.3, -0.25) is 14.4 Å². The summed E-state index contributed by atoms with van der Waals surface area (Å²) >= 11 is 0. The standard InChI is InChI=1S/C61H108NO6/c1-5-8-11-14-17-20-23-26-29-32-35-38-41-44-47-50-59(63)66-56-53-62(4,54-57-67-60(64)51-48-45-42-39-36-33-30-27-24-21-18-15-12-9-6-2)55-58-68-61(65)52-49-46-43-40-37-34-31-28-25-22-19-16-13-10-7-3/h17-22,26-31H,5-16,23-25,32-58H2,1-4H3/q+1/b20-17-,21-18-,22-19-,29-26-,30-27-,31-28-. The maximum atomic E-state index is 12.6. The second-order valence-electron chi connectivity index (χ2n) is 19.4. The van der Waals surface area contributed by atoms with Crippen molar-refractivity contribution in [2.24, 2.45) is 0 Å². The Morgan fingerprint density at radius 2 is 0.529 bits per heavy atom. The van der Waals surface area contributed by atoms with Gasteiger partial charge in [0.2, 0.25) is 0 Å². The highest BCUT2D eigenvalue weighted by molar-refractivity contribution is 5.69. The molecule has 0 aliphatic heterocycles. The Labute approximate surface area is 420 Å². The fourth-order valence-electron chi connectivity index (χ4n) is 7.93. The lowest BCUT2D eigenvalue weighted by Crippen LogP contribution is -2.51. The molecule has 7 nitrogen and oxygen atoms in total. The van der Waals surface area contributed by atoms with Crippen molar-refractivity contribution >= 4 is 17.9 Å². The number of likely N-dealkylation sites (N-methyl/N-ethyl adjacent to an activating group) is 1. The number of rotatable bonds is 51. The minimum absolute atomic E-state index is 0.158. The van der Waals surface area contributed by atoms with E-state index in [0.29, 0.717) is 43.4 Å². The lowest BCUT2D eigenvalue weighted by molar-refractivity contribution is -0.910. The second kappa shape index (κ2) is 53.2. The Morgan fingerprint density at radius 1 is 0.309 bits per heavy atom. The van der Waals surface area contributed by atoms with Gasteiger partial charge in [-0.15, -0.1) is 0 Å². The van der Waals surface area contributed by atoms with Gasteiger partial charge in [0.1, 0.15) is 39.5 Å². The summed E-state index contributed by atoms with van der Waals surface area (Å²) < 4.78 is 17.6. The number of carbonyl (C=O) groups excluding carboxylic acids is 3. The fourth-order valence-corrected chi connectivity index (χ4v) is 7.93. The smallest absolute Gasteiger partial charge is 0.305 e. The molecule has 0 rings (SSSR count). The van der Waals surface area contributed by atoms with Gasteiger partial charge in [-0.1, -0.05) is 190 Å². The average molecular weight is 952 g/mol. The molecule has 7 heteroatoms. The van der Waals surface area contributed by atoms with E-state index in [9.17, 15) is 14.4 Å². The van der Waals surface area contributed by atoms with Gasteiger partial charge in [0.25, 0.3) is 0 Å². The number of ether oxygens (including phenoxy) is 3. The molecule has 0 aromatic heterocycles. The third-order valence-corrected chi connectivity index (χ3v) is 12.7. The molecule has 0 saturated carbocycles. The van der Waals surface area contributed by atoms with Crippen LogP contribution in [-0.2, 0) is 28.6 Å². The topological polar surface area (TPSA) is 78.9 Å². The molecule has 0 aromatic carbocycles. The number of nitrogens with zero attached hydrogens (tertiary/aromatic N) is 1. The quantitative estimate of drug-likeness (QED) is 0.0199. The summed E-state index contributed by atoms with van der Waals surface area (Å²) in [7, 11) is 2.07. The highest BCUT2D eigenvalue weighted by Crippen LogP contribution is 2.13. The van der Waals surface area contributed by atoms with E-state index in [1.54, 1.807) is 0 Å². The van der Waals surface area contributed by atoms with Gasteiger partial charge in [0, 0.05) is 19.3 Å². The largest absolute Gasteiger partial charge is 0.460 e. The van der Waals surface area contributed by atoms with Crippen LogP contribution in [0.1, 0.15) is 252 Å². The molecule has 0 fully saturated rings. The zero-order chi connectivity index (χ0) is 49.5. The Bertz CT molecular complexity index is 1160. The monoisotopic (exact) mass is 951 g/mol. The van der Waals surface area contributed by atoms with Crippen LogP contribution in [-0.4, -0.2) is 68.9 Å². The second-order valence-corrected chi connectivity index (χ2v) is 19.4. The van der Waals surface area contributed by atoms with E-state index in [0.717, 1.165) is 96.3 Å². The first-order chi connectivity index (χ1) is 33.4. The Morgan fingerprint density at radius 3 is 0.779 bits per heavy atom. The first-order valence-electron chi connectivity index (χ1n) is 28.6. The summed E-state index contributed by atoms with van der Waals surface area (Å²) in [6.07, 6.45) is 66.6. The van der Waals surface area contributed by atoms with Crippen molar-refractivity contribution in [3.8, 4) is 0 Å². The molecule has 0 heterocycles. The number of hydrogen-bond donors (Lipinski definition) is 0. The van der Waals surface area contributed by atoms with E-state index in [4.69, 9.17) is 14.2 Å². The van der Waals surface area contributed by atoms with E-state index >= 15 is 0 Å². The third kappa shape index (κ3) is 50.7. The highest BCUT2D eigenvalue weighted by Gasteiger charge is 2.24. The number of unbranched alkanes of at least 4 members (excludes halogenated alkanes) is 24. The van der Waals surface area contributed by atoms with Gasteiger partial charge in [-0.2, -0.15) is 0 Å². The molecule has 0 aliphatic carbocycles. The minimum atomic E-state index is -0.158. The van der Waals surface area contributed by atoms with Crippen molar-refractivity contribution < 1.29 is 33.1 Å². The van der Waals surface area contributed by atoms with Gasteiger partial charge >= 0.3 is 17.9 Å². The molecule has 0 amide bonds. The van der Waals surface area contributed by atoms with Crippen molar-refractivity contribution in [2.75, 3.05) is 46.5 Å². The van der Waals surface area contributed by atoms with Gasteiger partial charge in [0.15, 0.2) is 0 Å². The van der Waals surface area contributed by atoms with Crippen LogP contribution in [0.25, 0.3) is 0 Å². The van der Waals surface area contributed by atoms with Gasteiger partial charge in [-0.25, -0.2) is 0 Å². The van der Waals surface area contributed by atoms with Gasteiger partial charge in [0.05, 0.1) is 7.05 Å². The molecule has 0 radical (unpaired) electrons. The molecule has 68 heavy (non-hydrogen) atoms.